The van der Waals surface area contributed by atoms with E-state index in [0.29, 0.717) is 5.39 Å². The predicted octanol–water partition coefficient (Wildman–Crippen LogP) is 3.35. The van der Waals surface area contributed by atoms with Gasteiger partial charge in [-0.15, -0.1) is 0 Å². The Morgan fingerprint density at radius 1 is 1.26 bits per heavy atom. The number of fused-ring (bicyclic) bond motifs is 1. The topological polar surface area (TPSA) is 17.0 Å². The van der Waals surface area contributed by atoms with Crippen LogP contribution in [0.2, 0.25) is 0 Å². The number of nitrogens with one attached hydrogen (secondary N) is 1. The smallest absolute Gasteiger partial charge is 0.350 e. The van der Waals surface area contributed by atoms with E-state index in [0.717, 1.165) is 36.5 Å². The van der Waals surface area contributed by atoms with Gasteiger partial charge in [-0.3, -0.25) is 0 Å². The molecule has 19 heavy (non-hydrogen) atoms. The second-order valence-corrected chi connectivity index (χ2v) is 4.70. The molecule has 0 bridgehead atoms. The minimum absolute atomic E-state index is 0.582. The van der Waals surface area contributed by atoms with Crippen molar-refractivity contribution in [2.75, 3.05) is 13.6 Å². The first-order chi connectivity index (χ1) is 8.93. The summed E-state index contributed by atoms with van der Waals surface area (Å²) in [7, 11) is 3.72. The van der Waals surface area contributed by atoms with E-state index >= 15 is 0 Å². The lowest BCUT2D eigenvalue weighted by molar-refractivity contribution is -0.137. The molecule has 0 unspecified atom stereocenters. The first-order valence-electron chi connectivity index (χ1n) is 6.23. The second-order valence-electron chi connectivity index (χ2n) is 4.70. The van der Waals surface area contributed by atoms with E-state index < -0.39 is 11.7 Å². The van der Waals surface area contributed by atoms with Gasteiger partial charge in [0.1, 0.15) is 0 Å². The third-order valence-electron chi connectivity index (χ3n) is 3.27. The molecule has 0 atom stereocenters. The summed E-state index contributed by atoms with van der Waals surface area (Å²) in [4.78, 5) is 0. The Bertz CT molecular complexity index is 570. The van der Waals surface area contributed by atoms with Gasteiger partial charge in [0.15, 0.2) is 0 Å². The number of hydrogen-bond donors (Lipinski definition) is 1. The van der Waals surface area contributed by atoms with Crippen molar-refractivity contribution < 1.29 is 13.2 Å². The van der Waals surface area contributed by atoms with Gasteiger partial charge in [-0.05, 0) is 50.2 Å². The van der Waals surface area contributed by atoms with Gasteiger partial charge >= 0.3 is 6.18 Å². The summed E-state index contributed by atoms with van der Waals surface area (Å²) in [5.74, 6) is 0. The number of aryl methyl sites for hydroxylation is 2. The van der Waals surface area contributed by atoms with Crippen LogP contribution in [0.3, 0.4) is 0 Å². The molecule has 0 saturated carbocycles. The molecule has 1 N–H and O–H groups in total. The summed E-state index contributed by atoms with van der Waals surface area (Å²) in [6.07, 6.45) is -0.682. The van der Waals surface area contributed by atoms with Gasteiger partial charge in [-0.2, -0.15) is 13.2 Å². The van der Waals surface area contributed by atoms with Gasteiger partial charge in [0, 0.05) is 24.1 Å². The highest BCUT2D eigenvalue weighted by Gasteiger charge is 2.30. The first-order valence-corrected chi connectivity index (χ1v) is 6.23. The molecule has 0 amide bonds. The van der Waals surface area contributed by atoms with Gasteiger partial charge in [0.2, 0.25) is 0 Å². The fourth-order valence-electron chi connectivity index (χ4n) is 2.30. The molecule has 1 aromatic heterocycles. The molecule has 2 aromatic rings. The van der Waals surface area contributed by atoms with Crippen LogP contribution in [0.25, 0.3) is 10.9 Å². The molecule has 1 aromatic carbocycles. The first kappa shape index (κ1) is 13.9. The molecule has 0 radical (unpaired) electrons. The minimum atomic E-state index is -4.29. The van der Waals surface area contributed by atoms with Crippen LogP contribution >= 0.6 is 0 Å². The van der Waals surface area contributed by atoms with Crippen LogP contribution in [-0.2, 0) is 19.6 Å². The standard InChI is InChI=1S/C14H17F3N2/c1-18-7-3-4-10-9-19(2)13-6-5-11(8-12(10)13)14(15,16)17/h5-6,8-9,18H,3-4,7H2,1-2H3. The second kappa shape index (κ2) is 5.25. The van der Waals surface area contributed by atoms with E-state index in [1.807, 2.05) is 24.9 Å². The van der Waals surface area contributed by atoms with Crippen LogP contribution < -0.4 is 5.32 Å². The maximum absolute atomic E-state index is 12.7. The molecule has 2 nitrogen and oxygen atoms in total. The van der Waals surface area contributed by atoms with Crippen molar-refractivity contribution in [1.82, 2.24) is 9.88 Å². The highest BCUT2D eigenvalue weighted by Crippen LogP contribution is 2.33. The molecule has 0 aliphatic heterocycles. The zero-order chi connectivity index (χ0) is 14.0. The number of rotatable bonds is 4. The van der Waals surface area contributed by atoms with Crippen molar-refractivity contribution >= 4 is 10.9 Å². The van der Waals surface area contributed by atoms with Crippen LogP contribution in [0.4, 0.5) is 13.2 Å². The average Bonchev–Trinajstić information content (AvgIpc) is 2.65. The highest BCUT2D eigenvalue weighted by molar-refractivity contribution is 5.84. The Balaban J connectivity index is 2.41. The lowest BCUT2D eigenvalue weighted by Crippen LogP contribution is -2.08. The number of benzene rings is 1. The predicted molar refractivity (Wildman–Crippen MR) is 70.2 cm³/mol. The van der Waals surface area contributed by atoms with Crippen LogP contribution in [0, 0.1) is 0 Å². The van der Waals surface area contributed by atoms with Crippen LogP contribution in [0.1, 0.15) is 17.5 Å². The van der Waals surface area contributed by atoms with Crippen molar-refractivity contribution in [3.05, 3.63) is 35.5 Å². The monoisotopic (exact) mass is 270 g/mol. The maximum atomic E-state index is 12.7. The Morgan fingerprint density at radius 3 is 2.63 bits per heavy atom. The molecule has 0 aliphatic rings. The number of alkyl halides is 3. The SMILES string of the molecule is CNCCCc1cn(C)c2ccc(C(F)(F)F)cc12. The Morgan fingerprint density at radius 2 is 2.00 bits per heavy atom. The average molecular weight is 270 g/mol. The van der Waals surface area contributed by atoms with Crippen molar-refractivity contribution in [1.29, 1.82) is 0 Å². The largest absolute Gasteiger partial charge is 0.416 e. The Hall–Kier alpha value is -1.49. The van der Waals surface area contributed by atoms with Crippen molar-refractivity contribution in [3.63, 3.8) is 0 Å². The molecule has 104 valence electrons. The lowest BCUT2D eigenvalue weighted by Gasteiger charge is -2.07. The Kier molecular flexibility index (Phi) is 3.85. The summed E-state index contributed by atoms with van der Waals surface area (Å²) in [6.45, 7) is 0.856. The number of halogens is 3. The van der Waals surface area contributed by atoms with Gasteiger partial charge in [-0.25, -0.2) is 0 Å². The number of nitrogens with zero attached hydrogens (tertiary/aromatic N) is 1. The maximum Gasteiger partial charge on any atom is 0.416 e. The molecule has 0 fully saturated rings. The molecular weight excluding hydrogens is 253 g/mol. The van der Waals surface area contributed by atoms with Gasteiger partial charge < -0.3 is 9.88 Å². The van der Waals surface area contributed by atoms with E-state index in [4.69, 9.17) is 0 Å². The van der Waals surface area contributed by atoms with Crippen LogP contribution in [0.15, 0.2) is 24.4 Å². The highest BCUT2D eigenvalue weighted by atomic mass is 19.4. The third kappa shape index (κ3) is 2.92. The summed E-state index contributed by atoms with van der Waals surface area (Å²) in [5.41, 5.74) is 1.23. The molecule has 0 saturated heterocycles. The lowest BCUT2D eigenvalue weighted by atomic mass is 10.1. The van der Waals surface area contributed by atoms with Crippen molar-refractivity contribution in [2.45, 2.75) is 19.0 Å². The minimum Gasteiger partial charge on any atom is -0.350 e. The number of hydrogen-bond acceptors (Lipinski definition) is 1. The van der Waals surface area contributed by atoms with E-state index in [1.165, 1.54) is 6.07 Å². The van der Waals surface area contributed by atoms with E-state index in [2.05, 4.69) is 5.32 Å². The van der Waals surface area contributed by atoms with Gasteiger partial charge in [0.05, 0.1) is 5.56 Å². The van der Waals surface area contributed by atoms with Crippen LogP contribution in [0.5, 0.6) is 0 Å². The summed E-state index contributed by atoms with van der Waals surface area (Å²) >= 11 is 0. The fourth-order valence-corrected chi connectivity index (χ4v) is 2.30. The van der Waals surface area contributed by atoms with Crippen molar-refractivity contribution in [2.24, 2.45) is 7.05 Å². The molecule has 1 heterocycles. The van der Waals surface area contributed by atoms with E-state index in [9.17, 15) is 13.2 Å². The fraction of sp³-hybridized carbons (Fsp3) is 0.429. The van der Waals surface area contributed by atoms with E-state index in [1.54, 1.807) is 6.07 Å². The van der Waals surface area contributed by atoms with E-state index in [-0.39, 0.29) is 0 Å². The molecule has 5 heteroatoms. The normalized spacial score (nSPS) is 12.3. The Labute approximate surface area is 110 Å². The third-order valence-corrected chi connectivity index (χ3v) is 3.27. The summed E-state index contributed by atoms with van der Waals surface area (Å²) < 4.78 is 40.1. The zero-order valence-corrected chi connectivity index (χ0v) is 11.0. The summed E-state index contributed by atoms with van der Waals surface area (Å²) in [6, 6.07) is 3.93. The molecular formula is C14H17F3N2. The molecule has 0 aliphatic carbocycles. The summed E-state index contributed by atoms with van der Waals surface area (Å²) in [5, 5.41) is 3.74. The zero-order valence-electron chi connectivity index (χ0n) is 11.0. The molecule has 0 spiro atoms. The number of aromatic nitrogens is 1. The van der Waals surface area contributed by atoms with Gasteiger partial charge in [-0.1, -0.05) is 0 Å². The quantitative estimate of drug-likeness (QED) is 0.843. The van der Waals surface area contributed by atoms with Crippen LogP contribution in [-0.4, -0.2) is 18.2 Å². The van der Waals surface area contributed by atoms with Gasteiger partial charge in [0.25, 0.3) is 0 Å². The van der Waals surface area contributed by atoms with Crippen molar-refractivity contribution in [3.8, 4) is 0 Å². The molecule has 2 rings (SSSR count).